The number of carbonyl (C=O) groups excluding carboxylic acids is 1. The standard InChI is InChI=1S/C23H19F3N4O3S/c1-13-3-4-14(2)18(11-13)33-10-9-32-16-7-5-15(6-8-16)12-17-19(27)30-22(28-20(17)31)34-21(29-30)23(24,25)26/h3-8,11-12,27H,9-10H2,1-2H3. The number of rotatable bonds is 6. The van der Waals surface area contributed by atoms with E-state index in [2.05, 4.69) is 10.1 Å². The van der Waals surface area contributed by atoms with E-state index < -0.39 is 23.0 Å². The highest BCUT2D eigenvalue weighted by Gasteiger charge is 2.46. The van der Waals surface area contributed by atoms with E-state index in [1.54, 1.807) is 24.3 Å². The van der Waals surface area contributed by atoms with Gasteiger partial charge in [0.25, 0.3) is 5.91 Å². The molecule has 34 heavy (non-hydrogen) atoms. The fraction of sp³-hybridized carbons (Fsp3) is 0.217. The van der Waals surface area contributed by atoms with Gasteiger partial charge in [0.05, 0.1) is 5.57 Å². The Kier molecular flexibility index (Phi) is 6.47. The lowest BCUT2D eigenvalue weighted by atomic mass is 10.1. The Morgan fingerprint density at radius 2 is 1.79 bits per heavy atom. The number of amidine groups is 2. The number of aliphatic imine (C=N–C) groups is 1. The zero-order chi connectivity index (χ0) is 24.5. The Bertz CT molecular complexity index is 1240. The van der Waals surface area contributed by atoms with Gasteiger partial charge < -0.3 is 9.47 Å². The Morgan fingerprint density at radius 1 is 1.09 bits per heavy atom. The third-order valence-corrected chi connectivity index (χ3v) is 5.79. The highest BCUT2D eigenvalue weighted by atomic mass is 32.2. The highest BCUT2D eigenvalue weighted by molar-refractivity contribution is 8.27. The van der Waals surface area contributed by atoms with Gasteiger partial charge >= 0.3 is 6.18 Å². The second kappa shape index (κ2) is 9.34. The van der Waals surface area contributed by atoms with Crippen LogP contribution in [0.4, 0.5) is 13.2 Å². The molecule has 2 heterocycles. The molecule has 0 spiro atoms. The number of nitrogens with one attached hydrogen (secondary N) is 1. The van der Waals surface area contributed by atoms with E-state index in [0.717, 1.165) is 16.9 Å². The molecule has 2 aromatic rings. The molecule has 0 saturated carbocycles. The van der Waals surface area contributed by atoms with Crippen LogP contribution in [-0.2, 0) is 4.79 Å². The molecule has 0 aromatic heterocycles. The van der Waals surface area contributed by atoms with Gasteiger partial charge in [-0.1, -0.05) is 24.3 Å². The number of hydrogen-bond donors (Lipinski definition) is 1. The molecule has 7 nitrogen and oxygen atoms in total. The lowest BCUT2D eigenvalue weighted by Crippen LogP contribution is -2.35. The largest absolute Gasteiger partial charge is 0.490 e. The SMILES string of the molecule is Cc1ccc(C)c(OCCOc2ccc(C=C3C(=N)N4N=C(C(F)(F)F)SC4=NC3=O)cc2)c1. The zero-order valence-corrected chi connectivity index (χ0v) is 19.0. The van der Waals surface area contributed by atoms with Gasteiger partial charge in [-0.25, -0.2) is 0 Å². The van der Waals surface area contributed by atoms with E-state index in [-0.39, 0.29) is 22.5 Å². The second-order valence-electron chi connectivity index (χ2n) is 7.46. The molecule has 1 N–H and O–H groups in total. The van der Waals surface area contributed by atoms with E-state index >= 15 is 0 Å². The number of carbonyl (C=O) groups is 1. The molecule has 0 fully saturated rings. The first-order valence-electron chi connectivity index (χ1n) is 10.1. The number of nitrogens with zero attached hydrogens (tertiary/aromatic N) is 3. The minimum Gasteiger partial charge on any atom is -0.490 e. The highest BCUT2D eigenvalue weighted by Crippen LogP contribution is 2.35. The van der Waals surface area contributed by atoms with Gasteiger partial charge in [-0.3, -0.25) is 10.2 Å². The van der Waals surface area contributed by atoms with Crippen molar-refractivity contribution in [1.82, 2.24) is 5.01 Å². The van der Waals surface area contributed by atoms with Gasteiger partial charge in [-0.05, 0) is 66.6 Å². The van der Waals surface area contributed by atoms with Crippen LogP contribution in [0.3, 0.4) is 0 Å². The average Bonchev–Trinajstić information content (AvgIpc) is 3.22. The maximum atomic E-state index is 12.9. The smallest absolute Gasteiger partial charge is 0.441 e. The van der Waals surface area contributed by atoms with Crippen molar-refractivity contribution in [1.29, 1.82) is 5.41 Å². The molecule has 11 heteroatoms. The minimum atomic E-state index is -4.68. The van der Waals surface area contributed by atoms with Gasteiger partial charge in [0.15, 0.2) is 5.84 Å². The summed E-state index contributed by atoms with van der Waals surface area (Å²) in [4.78, 5) is 15.9. The van der Waals surface area contributed by atoms with Crippen molar-refractivity contribution in [2.24, 2.45) is 10.1 Å². The van der Waals surface area contributed by atoms with Crippen molar-refractivity contribution in [3.63, 3.8) is 0 Å². The topological polar surface area (TPSA) is 87.3 Å². The van der Waals surface area contributed by atoms with E-state index in [0.29, 0.717) is 29.5 Å². The normalized spacial score (nSPS) is 17.0. The lowest BCUT2D eigenvalue weighted by molar-refractivity contribution is -0.114. The molecule has 1 amide bonds. The molecular weight excluding hydrogens is 469 g/mol. The van der Waals surface area contributed by atoms with Gasteiger partial charge in [-0.15, -0.1) is 0 Å². The molecular formula is C23H19F3N4O3S. The summed E-state index contributed by atoms with van der Waals surface area (Å²) in [6, 6.07) is 12.7. The quantitative estimate of drug-likeness (QED) is 0.460. The minimum absolute atomic E-state index is 0.160. The monoisotopic (exact) mass is 488 g/mol. The summed E-state index contributed by atoms with van der Waals surface area (Å²) in [6.07, 6.45) is -3.30. The first-order valence-corrected chi connectivity index (χ1v) is 10.9. The van der Waals surface area contributed by atoms with Crippen LogP contribution in [0.2, 0.25) is 0 Å². The summed E-state index contributed by atoms with van der Waals surface area (Å²) >= 11 is 0.214. The van der Waals surface area contributed by atoms with Crippen molar-refractivity contribution < 1.29 is 27.4 Å². The predicted molar refractivity (Wildman–Crippen MR) is 124 cm³/mol. The number of aryl methyl sites for hydroxylation is 2. The average molecular weight is 488 g/mol. The van der Waals surface area contributed by atoms with Gasteiger partial charge in [0, 0.05) is 0 Å². The van der Waals surface area contributed by atoms with Gasteiger partial charge in [0.2, 0.25) is 10.2 Å². The van der Waals surface area contributed by atoms with E-state index in [1.807, 2.05) is 32.0 Å². The molecule has 0 unspecified atom stereocenters. The predicted octanol–water partition coefficient (Wildman–Crippen LogP) is 4.94. The van der Waals surface area contributed by atoms with Crippen LogP contribution >= 0.6 is 11.8 Å². The van der Waals surface area contributed by atoms with Gasteiger partial charge in [-0.2, -0.15) is 28.3 Å². The number of ether oxygens (including phenoxy) is 2. The van der Waals surface area contributed by atoms with Crippen molar-refractivity contribution in [2.45, 2.75) is 20.0 Å². The second-order valence-corrected chi connectivity index (χ2v) is 8.41. The number of alkyl halides is 3. The fourth-order valence-electron chi connectivity index (χ4n) is 3.11. The Hall–Kier alpha value is -3.60. The maximum absolute atomic E-state index is 12.9. The summed E-state index contributed by atoms with van der Waals surface area (Å²) in [5, 5.41) is 10.8. The van der Waals surface area contributed by atoms with Crippen LogP contribution in [0.15, 0.2) is 58.1 Å². The van der Waals surface area contributed by atoms with Crippen molar-refractivity contribution >= 4 is 39.8 Å². The number of hydrogen-bond acceptors (Lipinski definition) is 6. The fourth-order valence-corrected chi connectivity index (χ4v) is 3.87. The van der Waals surface area contributed by atoms with Crippen molar-refractivity contribution in [3.8, 4) is 11.5 Å². The van der Waals surface area contributed by atoms with Gasteiger partial charge in [0.1, 0.15) is 24.7 Å². The maximum Gasteiger partial charge on any atom is 0.441 e. The Labute approximate surface area is 197 Å². The zero-order valence-electron chi connectivity index (χ0n) is 18.1. The Morgan fingerprint density at radius 3 is 2.50 bits per heavy atom. The van der Waals surface area contributed by atoms with Crippen LogP contribution in [0.5, 0.6) is 11.5 Å². The van der Waals surface area contributed by atoms with Crippen LogP contribution in [0, 0.1) is 19.3 Å². The van der Waals surface area contributed by atoms with Crippen LogP contribution in [0.25, 0.3) is 6.08 Å². The molecule has 0 aliphatic carbocycles. The van der Waals surface area contributed by atoms with E-state index in [4.69, 9.17) is 14.9 Å². The first-order chi connectivity index (χ1) is 16.1. The van der Waals surface area contributed by atoms with Crippen molar-refractivity contribution in [2.75, 3.05) is 13.2 Å². The summed E-state index contributed by atoms with van der Waals surface area (Å²) in [5.41, 5.74) is 2.54. The number of hydrazone groups is 1. The number of amides is 1. The van der Waals surface area contributed by atoms with Crippen LogP contribution in [0.1, 0.15) is 16.7 Å². The van der Waals surface area contributed by atoms with E-state index in [1.165, 1.54) is 6.08 Å². The summed E-state index contributed by atoms with van der Waals surface area (Å²) in [7, 11) is 0. The lowest BCUT2D eigenvalue weighted by Gasteiger charge is -2.20. The molecule has 0 bridgehead atoms. The summed E-state index contributed by atoms with van der Waals surface area (Å²) in [6.45, 7) is 4.64. The number of halogens is 3. The summed E-state index contributed by atoms with van der Waals surface area (Å²) < 4.78 is 50.2. The third kappa shape index (κ3) is 5.14. The van der Waals surface area contributed by atoms with E-state index in [9.17, 15) is 18.0 Å². The van der Waals surface area contributed by atoms with Crippen LogP contribution < -0.4 is 9.47 Å². The summed E-state index contributed by atoms with van der Waals surface area (Å²) in [5.74, 6) is 0.114. The molecule has 2 aliphatic heterocycles. The van der Waals surface area contributed by atoms with Crippen LogP contribution in [-0.4, -0.2) is 46.4 Å². The molecule has 4 rings (SSSR count). The molecule has 2 aliphatic rings. The number of fused-ring (bicyclic) bond motifs is 1. The number of benzene rings is 2. The molecule has 2 aromatic carbocycles. The van der Waals surface area contributed by atoms with Crippen molar-refractivity contribution in [3.05, 3.63) is 64.7 Å². The molecule has 0 radical (unpaired) electrons. The first kappa shape index (κ1) is 23.6. The molecule has 0 saturated heterocycles. The third-order valence-electron chi connectivity index (χ3n) is 4.84. The molecule has 0 atom stereocenters. The Balaban J connectivity index is 1.38. The number of thioether (sulfide) groups is 1. The molecule has 176 valence electrons.